The van der Waals surface area contributed by atoms with Gasteiger partial charge in [-0.2, -0.15) is 5.26 Å². The maximum absolute atomic E-state index is 11.4. The zero-order chi connectivity index (χ0) is 12.8. The van der Waals surface area contributed by atoms with Gasteiger partial charge in [0.25, 0.3) is 0 Å². The lowest BCUT2D eigenvalue weighted by Crippen LogP contribution is -2.45. The van der Waals surface area contributed by atoms with E-state index < -0.39 is 0 Å². The van der Waals surface area contributed by atoms with Gasteiger partial charge in [0.2, 0.25) is 5.91 Å². The SMILES string of the molecule is CC(C)(C#N)CCNCC(=O)NC(C)(C)C. The van der Waals surface area contributed by atoms with Gasteiger partial charge in [0.05, 0.1) is 18.0 Å². The first-order valence-electron chi connectivity index (χ1n) is 5.59. The standard InChI is InChI=1S/C12H23N3O/c1-11(2,3)15-10(16)8-14-7-6-12(4,5)9-13/h14H,6-8H2,1-5H3,(H,15,16). The summed E-state index contributed by atoms with van der Waals surface area (Å²) in [6.45, 7) is 10.6. The predicted molar refractivity (Wildman–Crippen MR) is 64.8 cm³/mol. The van der Waals surface area contributed by atoms with Crippen LogP contribution in [0.3, 0.4) is 0 Å². The van der Waals surface area contributed by atoms with E-state index in [-0.39, 0.29) is 16.9 Å². The Morgan fingerprint density at radius 1 is 1.25 bits per heavy atom. The molecule has 0 fully saturated rings. The summed E-state index contributed by atoms with van der Waals surface area (Å²) in [4.78, 5) is 11.4. The smallest absolute Gasteiger partial charge is 0.234 e. The largest absolute Gasteiger partial charge is 0.350 e. The van der Waals surface area contributed by atoms with E-state index >= 15 is 0 Å². The third-order valence-corrected chi connectivity index (χ3v) is 2.03. The van der Waals surface area contributed by atoms with Crippen LogP contribution in [0.5, 0.6) is 0 Å². The molecular formula is C12H23N3O. The van der Waals surface area contributed by atoms with Crippen molar-refractivity contribution in [2.75, 3.05) is 13.1 Å². The van der Waals surface area contributed by atoms with Crippen LogP contribution in [0.1, 0.15) is 41.0 Å². The quantitative estimate of drug-likeness (QED) is 0.696. The average molecular weight is 225 g/mol. The molecule has 0 aliphatic heterocycles. The topological polar surface area (TPSA) is 64.9 Å². The molecule has 2 N–H and O–H groups in total. The molecule has 0 aliphatic carbocycles. The lowest BCUT2D eigenvalue weighted by molar-refractivity contribution is -0.121. The van der Waals surface area contributed by atoms with Crippen molar-refractivity contribution in [3.63, 3.8) is 0 Å². The van der Waals surface area contributed by atoms with Crippen LogP contribution in [-0.4, -0.2) is 24.5 Å². The monoisotopic (exact) mass is 225 g/mol. The molecule has 0 saturated heterocycles. The van der Waals surface area contributed by atoms with Crippen molar-refractivity contribution in [3.8, 4) is 6.07 Å². The number of nitrogens with zero attached hydrogens (tertiary/aromatic N) is 1. The maximum atomic E-state index is 11.4. The van der Waals surface area contributed by atoms with Crippen molar-refractivity contribution in [1.82, 2.24) is 10.6 Å². The molecule has 0 radical (unpaired) electrons. The maximum Gasteiger partial charge on any atom is 0.234 e. The molecule has 4 heteroatoms. The normalized spacial score (nSPS) is 12.0. The molecule has 0 aromatic carbocycles. The van der Waals surface area contributed by atoms with Crippen LogP contribution in [0.2, 0.25) is 0 Å². The van der Waals surface area contributed by atoms with Crippen LogP contribution in [0, 0.1) is 16.7 Å². The van der Waals surface area contributed by atoms with Gasteiger partial charge in [-0.1, -0.05) is 0 Å². The average Bonchev–Trinajstić information content (AvgIpc) is 2.10. The highest BCUT2D eigenvalue weighted by Crippen LogP contribution is 2.16. The summed E-state index contributed by atoms with van der Waals surface area (Å²) >= 11 is 0. The summed E-state index contributed by atoms with van der Waals surface area (Å²) < 4.78 is 0. The van der Waals surface area contributed by atoms with Crippen LogP contribution in [-0.2, 0) is 4.79 Å². The fraction of sp³-hybridized carbons (Fsp3) is 0.833. The van der Waals surface area contributed by atoms with Crippen LogP contribution < -0.4 is 10.6 Å². The third-order valence-electron chi connectivity index (χ3n) is 2.03. The summed E-state index contributed by atoms with van der Waals surface area (Å²) in [6.07, 6.45) is 0.742. The molecular weight excluding hydrogens is 202 g/mol. The van der Waals surface area contributed by atoms with E-state index in [0.717, 1.165) is 6.42 Å². The van der Waals surface area contributed by atoms with Crippen LogP contribution >= 0.6 is 0 Å². The highest BCUT2D eigenvalue weighted by Gasteiger charge is 2.16. The van der Waals surface area contributed by atoms with Gasteiger partial charge in [-0.15, -0.1) is 0 Å². The molecule has 0 aromatic heterocycles. The number of amides is 1. The summed E-state index contributed by atoms with van der Waals surface area (Å²) in [5.74, 6) is -0.0118. The molecule has 0 aliphatic rings. The van der Waals surface area contributed by atoms with Gasteiger partial charge < -0.3 is 10.6 Å². The minimum absolute atomic E-state index is 0.0118. The summed E-state index contributed by atoms with van der Waals surface area (Å²) in [6, 6.07) is 2.23. The molecule has 1 amide bonds. The van der Waals surface area contributed by atoms with Crippen molar-refractivity contribution in [3.05, 3.63) is 0 Å². The van der Waals surface area contributed by atoms with Crippen molar-refractivity contribution in [2.24, 2.45) is 5.41 Å². The second-order valence-electron chi connectivity index (χ2n) is 5.72. The number of nitrogens with one attached hydrogen (secondary N) is 2. The summed E-state index contributed by atoms with van der Waals surface area (Å²) in [5, 5.41) is 14.7. The van der Waals surface area contributed by atoms with Crippen LogP contribution in [0.25, 0.3) is 0 Å². The van der Waals surface area contributed by atoms with Crippen molar-refractivity contribution in [1.29, 1.82) is 5.26 Å². The van der Waals surface area contributed by atoms with E-state index in [1.165, 1.54) is 0 Å². The Hall–Kier alpha value is -1.08. The van der Waals surface area contributed by atoms with E-state index in [9.17, 15) is 4.79 Å². The zero-order valence-electron chi connectivity index (χ0n) is 11.0. The molecule has 16 heavy (non-hydrogen) atoms. The molecule has 4 nitrogen and oxygen atoms in total. The lowest BCUT2D eigenvalue weighted by atomic mass is 9.91. The van der Waals surface area contributed by atoms with Gasteiger partial charge in [0.15, 0.2) is 0 Å². The zero-order valence-corrected chi connectivity index (χ0v) is 11.0. The molecule has 0 heterocycles. The lowest BCUT2D eigenvalue weighted by Gasteiger charge is -2.21. The van der Waals surface area contributed by atoms with E-state index in [1.807, 2.05) is 34.6 Å². The second kappa shape index (κ2) is 5.86. The Kier molecular flexibility index (Phi) is 5.46. The van der Waals surface area contributed by atoms with Gasteiger partial charge in [0.1, 0.15) is 0 Å². The Morgan fingerprint density at radius 3 is 2.25 bits per heavy atom. The van der Waals surface area contributed by atoms with E-state index in [4.69, 9.17) is 5.26 Å². The first-order chi connectivity index (χ1) is 7.16. The molecule has 0 saturated carbocycles. The van der Waals surface area contributed by atoms with Crippen LogP contribution in [0.4, 0.5) is 0 Å². The number of hydrogen-bond donors (Lipinski definition) is 2. The highest BCUT2D eigenvalue weighted by molar-refractivity contribution is 5.78. The predicted octanol–water partition coefficient (Wildman–Crippen LogP) is 1.43. The van der Waals surface area contributed by atoms with Crippen molar-refractivity contribution >= 4 is 5.91 Å². The fourth-order valence-electron chi connectivity index (χ4n) is 1.12. The van der Waals surface area contributed by atoms with Crippen molar-refractivity contribution in [2.45, 2.75) is 46.6 Å². The minimum atomic E-state index is -0.326. The molecule has 0 aromatic rings. The molecule has 0 spiro atoms. The fourth-order valence-corrected chi connectivity index (χ4v) is 1.12. The number of carbonyl (C=O) groups is 1. The van der Waals surface area contributed by atoms with E-state index in [1.54, 1.807) is 0 Å². The molecule has 92 valence electrons. The van der Waals surface area contributed by atoms with Gasteiger partial charge in [-0.05, 0) is 47.6 Å². The molecule has 0 rings (SSSR count). The number of hydrogen-bond acceptors (Lipinski definition) is 3. The Morgan fingerprint density at radius 2 is 1.81 bits per heavy atom. The number of nitriles is 1. The van der Waals surface area contributed by atoms with E-state index in [2.05, 4.69) is 16.7 Å². The molecule has 0 bridgehead atoms. The van der Waals surface area contributed by atoms with Gasteiger partial charge in [-0.25, -0.2) is 0 Å². The van der Waals surface area contributed by atoms with E-state index in [0.29, 0.717) is 13.1 Å². The Balaban J connectivity index is 3.69. The van der Waals surface area contributed by atoms with Crippen LogP contribution in [0.15, 0.2) is 0 Å². The Labute approximate surface area is 98.4 Å². The third kappa shape index (κ3) is 8.25. The van der Waals surface area contributed by atoms with Gasteiger partial charge in [0, 0.05) is 5.54 Å². The van der Waals surface area contributed by atoms with Gasteiger partial charge in [-0.3, -0.25) is 4.79 Å². The van der Waals surface area contributed by atoms with Gasteiger partial charge >= 0.3 is 0 Å². The number of carbonyl (C=O) groups excluding carboxylic acids is 1. The molecule has 0 atom stereocenters. The minimum Gasteiger partial charge on any atom is -0.350 e. The second-order valence-corrected chi connectivity index (χ2v) is 5.72. The highest BCUT2D eigenvalue weighted by atomic mass is 16.2. The Bertz CT molecular complexity index is 271. The molecule has 0 unspecified atom stereocenters. The first kappa shape index (κ1) is 14.9. The van der Waals surface area contributed by atoms with Crippen molar-refractivity contribution < 1.29 is 4.79 Å². The summed E-state index contributed by atoms with van der Waals surface area (Å²) in [5.41, 5.74) is -0.516. The number of rotatable bonds is 5. The first-order valence-corrected chi connectivity index (χ1v) is 5.59. The summed E-state index contributed by atoms with van der Waals surface area (Å²) in [7, 11) is 0.